The maximum atomic E-state index is 12.7. The van der Waals surface area contributed by atoms with E-state index >= 15 is 0 Å². The second-order valence-electron chi connectivity index (χ2n) is 5.79. The van der Waals surface area contributed by atoms with Crippen LogP contribution in [0.3, 0.4) is 0 Å². The van der Waals surface area contributed by atoms with E-state index in [0.717, 1.165) is 16.3 Å². The van der Waals surface area contributed by atoms with E-state index in [1.165, 1.54) is 19.3 Å². The van der Waals surface area contributed by atoms with Crippen molar-refractivity contribution >= 4 is 11.6 Å². The van der Waals surface area contributed by atoms with Gasteiger partial charge in [-0.25, -0.2) is 0 Å². The van der Waals surface area contributed by atoms with Gasteiger partial charge in [0.1, 0.15) is 0 Å². The molecule has 3 rings (SSSR count). The Morgan fingerprint density at radius 2 is 1.81 bits per heavy atom. The third-order valence-electron chi connectivity index (χ3n) is 3.77. The van der Waals surface area contributed by atoms with E-state index in [9.17, 15) is 18.0 Å². The van der Waals surface area contributed by atoms with Crippen molar-refractivity contribution in [1.29, 1.82) is 0 Å². The van der Waals surface area contributed by atoms with Crippen LogP contribution in [0.2, 0.25) is 0 Å². The molecular weight excluding hydrogens is 345 g/mol. The molecule has 0 fully saturated rings. The zero-order valence-electron chi connectivity index (χ0n) is 14.0. The molecule has 1 amide bonds. The van der Waals surface area contributed by atoms with Gasteiger partial charge in [-0.05, 0) is 37.3 Å². The van der Waals surface area contributed by atoms with Crippen molar-refractivity contribution in [3.05, 3.63) is 65.5 Å². The summed E-state index contributed by atoms with van der Waals surface area (Å²) in [5, 5.41) is 6.15. The molecule has 0 spiro atoms. The minimum Gasteiger partial charge on any atom is -0.321 e. The number of anilines is 1. The quantitative estimate of drug-likeness (QED) is 0.766. The van der Waals surface area contributed by atoms with Crippen molar-refractivity contribution in [2.24, 2.45) is 7.05 Å². The highest BCUT2D eigenvalue weighted by Gasteiger charge is 2.34. The predicted octanol–water partition coefficient (Wildman–Crippen LogP) is 4.06. The Morgan fingerprint density at radius 1 is 1.12 bits per heavy atom. The molecular formula is C18H15F3N4O. The summed E-state index contributed by atoms with van der Waals surface area (Å²) in [7, 11) is 1.42. The third-order valence-corrected chi connectivity index (χ3v) is 3.77. The average Bonchev–Trinajstić information content (AvgIpc) is 2.98. The van der Waals surface area contributed by atoms with Crippen LogP contribution in [0.25, 0.3) is 11.4 Å². The summed E-state index contributed by atoms with van der Waals surface area (Å²) >= 11 is 0. The minimum atomic E-state index is -4.52. The molecule has 0 saturated carbocycles. The highest BCUT2D eigenvalue weighted by molar-refractivity contribution is 6.04. The van der Waals surface area contributed by atoms with Gasteiger partial charge < -0.3 is 5.32 Å². The summed E-state index contributed by atoms with van der Waals surface area (Å²) in [6.07, 6.45) is -3.13. The molecule has 5 nitrogen and oxygen atoms in total. The fourth-order valence-electron chi connectivity index (χ4n) is 2.37. The Labute approximate surface area is 147 Å². The lowest BCUT2D eigenvalue weighted by Crippen LogP contribution is -2.12. The van der Waals surface area contributed by atoms with Crippen LogP contribution in [0.1, 0.15) is 21.6 Å². The second kappa shape index (κ2) is 6.62. The number of nitrogens with zero attached hydrogens (tertiary/aromatic N) is 3. The Morgan fingerprint density at radius 3 is 2.35 bits per heavy atom. The Bertz CT molecular complexity index is 929. The fourth-order valence-corrected chi connectivity index (χ4v) is 2.37. The lowest BCUT2D eigenvalue weighted by molar-refractivity contribution is -0.141. The molecule has 8 heteroatoms. The summed E-state index contributed by atoms with van der Waals surface area (Å²) in [6, 6.07) is 11.1. The molecule has 0 saturated heterocycles. The summed E-state index contributed by atoms with van der Waals surface area (Å²) in [4.78, 5) is 16.3. The molecule has 134 valence electrons. The Balaban J connectivity index is 1.78. The van der Waals surface area contributed by atoms with Gasteiger partial charge in [-0.1, -0.05) is 17.7 Å². The number of carbonyl (C=O) groups excluding carboxylic acids is 1. The van der Waals surface area contributed by atoms with E-state index in [2.05, 4.69) is 15.4 Å². The van der Waals surface area contributed by atoms with Gasteiger partial charge >= 0.3 is 6.18 Å². The molecule has 3 aromatic rings. The minimum absolute atomic E-state index is 0.230. The number of alkyl halides is 3. The van der Waals surface area contributed by atoms with E-state index < -0.39 is 11.9 Å². The largest absolute Gasteiger partial charge is 0.435 e. The SMILES string of the molecule is Cc1ccc(C(=O)Nc2ccc(-c3cc(C(F)(F)F)nn3C)nc2)cc1. The standard InChI is InChI=1S/C18H15F3N4O/c1-11-3-5-12(6-4-11)17(26)23-13-7-8-14(22-10-13)15-9-16(18(19,20)21)24-25(15)2/h3-10H,1-2H3,(H,23,26). The number of benzene rings is 1. The highest BCUT2D eigenvalue weighted by atomic mass is 19.4. The number of halogens is 3. The van der Waals surface area contributed by atoms with Gasteiger partial charge in [-0.15, -0.1) is 0 Å². The first kappa shape index (κ1) is 17.7. The number of aryl methyl sites for hydroxylation is 2. The number of hydrogen-bond donors (Lipinski definition) is 1. The van der Waals surface area contributed by atoms with Crippen LogP contribution in [0.15, 0.2) is 48.7 Å². The zero-order valence-corrected chi connectivity index (χ0v) is 14.0. The lowest BCUT2D eigenvalue weighted by atomic mass is 10.1. The number of amides is 1. The molecule has 1 N–H and O–H groups in total. The lowest BCUT2D eigenvalue weighted by Gasteiger charge is -2.06. The van der Waals surface area contributed by atoms with Crippen molar-refractivity contribution in [3.8, 4) is 11.4 Å². The van der Waals surface area contributed by atoms with Gasteiger partial charge in [0.15, 0.2) is 5.69 Å². The fraction of sp³-hybridized carbons (Fsp3) is 0.167. The van der Waals surface area contributed by atoms with Crippen LogP contribution in [-0.2, 0) is 13.2 Å². The number of rotatable bonds is 3. The van der Waals surface area contributed by atoms with E-state index in [-0.39, 0.29) is 11.6 Å². The number of carbonyl (C=O) groups is 1. The van der Waals surface area contributed by atoms with Gasteiger partial charge in [0.05, 0.1) is 23.3 Å². The summed E-state index contributed by atoms with van der Waals surface area (Å²) in [6.45, 7) is 1.92. The maximum Gasteiger partial charge on any atom is 0.435 e. The van der Waals surface area contributed by atoms with Crippen LogP contribution in [0.4, 0.5) is 18.9 Å². The van der Waals surface area contributed by atoms with Gasteiger partial charge in [-0.3, -0.25) is 14.5 Å². The first-order chi connectivity index (χ1) is 12.2. The zero-order chi connectivity index (χ0) is 18.9. The smallest absolute Gasteiger partial charge is 0.321 e. The van der Waals surface area contributed by atoms with E-state index in [4.69, 9.17) is 0 Å². The monoisotopic (exact) mass is 360 g/mol. The molecule has 0 aliphatic rings. The van der Waals surface area contributed by atoms with Crippen LogP contribution >= 0.6 is 0 Å². The second-order valence-corrected chi connectivity index (χ2v) is 5.79. The Kier molecular flexibility index (Phi) is 4.50. The molecule has 0 bridgehead atoms. The van der Waals surface area contributed by atoms with Crippen molar-refractivity contribution < 1.29 is 18.0 Å². The first-order valence-electron chi connectivity index (χ1n) is 7.70. The number of pyridine rings is 1. The summed E-state index contributed by atoms with van der Waals surface area (Å²) in [5.41, 5.74) is 1.56. The molecule has 2 aromatic heterocycles. The van der Waals surface area contributed by atoms with Crippen molar-refractivity contribution in [1.82, 2.24) is 14.8 Å². The van der Waals surface area contributed by atoms with Crippen LogP contribution in [0, 0.1) is 6.92 Å². The number of aromatic nitrogens is 3. The molecule has 0 aliphatic carbocycles. The Hall–Kier alpha value is -3.16. The summed E-state index contributed by atoms with van der Waals surface area (Å²) < 4.78 is 39.4. The van der Waals surface area contributed by atoms with Crippen molar-refractivity contribution in [2.75, 3.05) is 5.32 Å². The molecule has 0 aliphatic heterocycles. The van der Waals surface area contributed by atoms with Gasteiger partial charge in [0.2, 0.25) is 0 Å². The van der Waals surface area contributed by atoms with Crippen LogP contribution in [-0.4, -0.2) is 20.7 Å². The first-order valence-corrected chi connectivity index (χ1v) is 7.70. The van der Waals surface area contributed by atoms with Crippen molar-refractivity contribution in [2.45, 2.75) is 13.1 Å². The molecule has 0 radical (unpaired) electrons. The maximum absolute atomic E-state index is 12.7. The molecule has 0 atom stereocenters. The highest BCUT2D eigenvalue weighted by Crippen LogP contribution is 2.31. The predicted molar refractivity (Wildman–Crippen MR) is 90.6 cm³/mol. The molecule has 2 heterocycles. The topological polar surface area (TPSA) is 59.8 Å². The molecule has 26 heavy (non-hydrogen) atoms. The average molecular weight is 360 g/mol. The van der Waals surface area contributed by atoms with Crippen LogP contribution < -0.4 is 5.32 Å². The molecule has 1 aromatic carbocycles. The van der Waals surface area contributed by atoms with E-state index in [1.807, 2.05) is 19.1 Å². The van der Waals surface area contributed by atoms with E-state index in [0.29, 0.717) is 16.9 Å². The number of hydrogen-bond acceptors (Lipinski definition) is 3. The third kappa shape index (κ3) is 3.74. The number of nitrogens with one attached hydrogen (secondary N) is 1. The van der Waals surface area contributed by atoms with Gasteiger partial charge in [-0.2, -0.15) is 18.3 Å². The van der Waals surface area contributed by atoms with E-state index in [1.54, 1.807) is 18.2 Å². The summed E-state index contributed by atoms with van der Waals surface area (Å²) in [5.74, 6) is -0.292. The normalized spacial score (nSPS) is 11.4. The van der Waals surface area contributed by atoms with Crippen LogP contribution in [0.5, 0.6) is 0 Å². The van der Waals surface area contributed by atoms with Crippen molar-refractivity contribution in [3.63, 3.8) is 0 Å². The van der Waals surface area contributed by atoms with Gasteiger partial charge in [0, 0.05) is 12.6 Å². The molecule has 0 unspecified atom stereocenters. The van der Waals surface area contributed by atoms with Gasteiger partial charge in [0.25, 0.3) is 5.91 Å².